The van der Waals surface area contributed by atoms with E-state index in [1.165, 1.54) is 12.1 Å². The summed E-state index contributed by atoms with van der Waals surface area (Å²) in [5.74, 6) is 0.187. The van der Waals surface area contributed by atoms with Gasteiger partial charge in [-0.05, 0) is 74.1 Å². The number of sulfonamides is 1. The van der Waals surface area contributed by atoms with Crippen molar-refractivity contribution in [3.8, 4) is 6.07 Å². The van der Waals surface area contributed by atoms with Crippen LogP contribution in [0, 0.1) is 17.2 Å². The standard InChI is InChI=1S/C23H26N4O3S/c24-15-17-6-8-21(9-7-17)27-12-10-20(11-13-27)26-23(28)19-2-1-3-22(14-19)31(29,30)25-16-18-4-5-18/h1-3,6-9,14,18,20,25H,4-5,10-13,16H2,(H,26,28). The van der Waals surface area contributed by atoms with Crippen LogP contribution in [0.3, 0.4) is 0 Å². The summed E-state index contributed by atoms with van der Waals surface area (Å²) in [7, 11) is -3.60. The third kappa shape index (κ3) is 5.43. The average Bonchev–Trinajstić information content (AvgIpc) is 3.63. The van der Waals surface area contributed by atoms with Gasteiger partial charge in [-0.3, -0.25) is 4.79 Å². The molecule has 0 radical (unpaired) electrons. The van der Waals surface area contributed by atoms with E-state index in [9.17, 15) is 13.2 Å². The molecule has 2 aliphatic rings. The van der Waals surface area contributed by atoms with Crippen molar-refractivity contribution in [3.63, 3.8) is 0 Å². The number of hydrogen-bond donors (Lipinski definition) is 2. The molecule has 31 heavy (non-hydrogen) atoms. The second-order valence-electron chi connectivity index (χ2n) is 8.22. The zero-order chi connectivity index (χ0) is 21.8. The van der Waals surface area contributed by atoms with Crippen LogP contribution in [-0.4, -0.2) is 40.0 Å². The van der Waals surface area contributed by atoms with Crippen LogP contribution in [0.4, 0.5) is 5.69 Å². The predicted octanol–water partition coefficient (Wildman–Crippen LogP) is 2.65. The molecule has 2 N–H and O–H groups in total. The van der Waals surface area contributed by atoms with Gasteiger partial charge in [0, 0.05) is 36.9 Å². The molecule has 0 bridgehead atoms. The van der Waals surface area contributed by atoms with Crippen molar-refractivity contribution in [1.82, 2.24) is 10.0 Å². The van der Waals surface area contributed by atoms with Crippen LogP contribution >= 0.6 is 0 Å². The van der Waals surface area contributed by atoms with E-state index in [-0.39, 0.29) is 16.8 Å². The van der Waals surface area contributed by atoms with E-state index >= 15 is 0 Å². The fourth-order valence-corrected chi connectivity index (χ4v) is 4.90. The molecule has 1 amide bonds. The highest BCUT2D eigenvalue weighted by Crippen LogP contribution is 2.28. The van der Waals surface area contributed by atoms with Crippen LogP contribution in [0.2, 0.25) is 0 Å². The summed E-state index contributed by atoms with van der Waals surface area (Å²) >= 11 is 0. The molecule has 7 nitrogen and oxygen atoms in total. The maximum Gasteiger partial charge on any atom is 0.251 e. The molecular weight excluding hydrogens is 412 g/mol. The first-order chi connectivity index (χ1) is 14.9. The number of nitrogens with zero attached hydrogens (tertiary/aromatic N) is 2. The number of amides is 1. The topological polar surface area (TPSA) is 102 Å². The van der Waals surface area contributed by atoms with Crippen molar-refractivity contribution in [2.75, 3.05) is 24.5 Å². The molecule has 1 aliphatic carbocycles. The molecule has 1 heterocycles. The predicted molar refractivity (Wildman–Crippen MR) is 118 cm³/mol. The molecule has 1 saturated heterocycles. The summed E-state index contributed by atoms with van der Waals surface area (Å²) in [6, 6.07) is 15.9. The van der Waals surface area contributed by atoms with Crippen LogP contribution in [0.25, 0.3) is 0 Å². The van der Waals surface area contributed by atoms with Crippen molar-refractivity contribution in [2.24, 2.45) is 5.92 Å². The Hall–Kier alpha value is -2.89. The van der Waals surface area contributed by atoms with Crippen LogP contribution in [0.5, 0.6) is 0 Å². The lowest BCUT2D eigenvalue weighted by molar-refractivity contribution is 0.0931. The van der Waals surface area contributed by atoms with E-state index in [2.05, 4.69) is 21.0 Å². The molecule has 4 rings (SSSR count). The minimum absolute atomic E-state index is 0.0374. The lowest BCUT2D eigenvalue weighted by atomic mass is 10.0. The van der Waals surface area contributed by atoms with Gasteiger partial charge in [-0.15, -0.1) is 0 Å². The first-order valence-electron chi connectivity index (χ1n) is 10.6. The van der Waals surface area contributed by atoms with E-state index in [1.54, 1.807) is 12.1 Å². The van der Waals surface area contributed by atoms with Gasteiger partial charge < -0.3 is 10.2 Å². The van der Waals surface area contributed by atoms with Crippen LogP contribution < -0.4 is 14.9 Å². The lowest BCUT2D eigenvalue weighted by Crippen LogP contribution is -2.44. The highest BCUT2D eigenvalue weighted by molar-refractivity contribution is 7.89. The average molecular weight is 439 g/mol. The first kappa shape index (κ1) is 21.3. The molecule has 162 valence electrons. The zero-order valence-electron chi connectivity index (χ0n) is 17.3. The van der Waals surface area contributed by atoms with E-state index in [0.29, 0.717) is 23.6 Å². The Labute approximate surface area is 183 Å². The molecule has 2 fully saturated rings. The molecule has 1 saturated carbocycles. The van der Waals surface area contributed by atoms with E-state index in [0.717, 1.165) is 44.5 Å². The number of carbonyl (C=O) groups is 1. The summed E-state index contributed by atoms with van der Waals surface area (Å²) in [5, 5.41) is 12.0. The van der Waals surface area contributed by atoms with Gasteiger partial charge in [0.25, 0.3) is 5.91 Å². The number of nitriles is 1. The molecule has 0 aromatic heterocycles. The first-order valence-corrected chi connectivity index (χ1v) is 12.1. The minimum Gasteiger partial charge on any atom is -0.371 e. The summed E-state index contributed by atoms with van der Waals surface area (Å²) < 4.78 is 27.6. The number of nitrogens with one attached hydrogen (secondary N) is 2. The number of hydrogen-bond acceptors (Lipinski definition) is 5. The summed E-state index contributed by atoms with van der Waals surface area (Å²) in [6.07, 6.45) is 3.73. The molecule has 8 heteroatoms. The van der Waals surface area contributed by atoms with Crippen molar-refractivity contribution < 1.29 is 13.2 Å². The highest BCUT2D eigenvalue weighted by atomic mass is 32.2. The normalized spacial score (nSPS) is 17.2. The molecule has 0 spiro atoms. The molecule has 0 unspecified atom stereocenters. The lowest BCUT2D eigenvalue weighted by Gasteiger charge is -2.34. The molecule has 2 aromatic carbocycles. The fourth-order valence-electron chi connectivity index (χ4n) is 3.73. The Morgan fingerprint density at radius 2 is 1.77 bits per heavy atom. The highest BCUT2D eigenvalue weighted by Gasteiger charge is 2.25. The third-order valence-electron chi connectivity index (χ3n) is 5.86. The van der Waals surface area contributed by atoms with Crippen molar-refractivity contribution in [3.05, 3.63) is 59.7 Å². The Balaban J connectivity index is 1.33. The smallest absolute Gasteiger partial charge is 0.251 e. The maximum atomic E-state index is 12.7. The minimum atomic E-state index is -3.60. The Kier molecular flexibility index (Phi) is 6.25. The van der Waals surface area contributed by atoms with Gasteiger partial charge in [-0.2, -0.15) is 5.26 Å². The maximum absolute atomic E-state index is 12.7. The largest absolute Gasteiger partial charge is 0.371 e. The van der Waals surface area contributed by atoms with Gasteiger partial charge in [0.15, 0.2) is 0 Å². The molecule has 0 atom stereocenters. The SMILES string of the molecule is N#Cc1ccc(N2CCC(NC(=O)c3cccc(S(=O)(=O)NCC4CC4)c3)CC2)cc1. The van der Waals surface area contributed by atoms with Gasteiger partial charge in [-0.25, -0.2) is 13.1 Å². The van der Waals surface area contributed by atoms with Crippen molar-refractivity contribution >= 4 is 21.6 Å². The Morgan fingerprint density at radius 3 is 2.42 bits per heavy atom. The summed E-state index contributed by atoms with van der Waals surface area (Å²) in [4.78, 5) is 15.1. The van der Waals surface area contributed by atoms with Crippen LogP contribution in [0.1, 0.15) is 41.6 Å². The monoisotopic (exact) mass is 438 g/mol. The van der Waals surface area contributed by atoms with Gasteiger partial charge in [-0.1, -0.05) is 6.07 Å². The van der Waals surface area contributed by atoms with E-state index in [1.807, 2.05) is 24.3 Å². The van der Waals surface area contributed by atoms with E-state index in [4.69, 9.17) is 5.26 Å². The fraction of sp³-hybridized carbons (Fsp3) is 0.391. The molecule has 2 aromatic rings. The molecule has 1 aliphatic heterocycles. The Morgan fingerprint density at radius 1 is 1.06 bits per heavy atom. The molecular formula is C23H26N4O3S. The number of anilines is 1. The van der Waals surface area contributed by atoms with E-state index < -0.39 is 10.0 Å². The van der Waals surface area contributed by atoms with Crippen molar-refractivity contribution in [2.45, 2.75) is 36.6 Å². The Bertz CT molecular complexity index is 1080. The van der Waals surface area contributed by atoms with Crippen molar-refractivity contribution in [1.29, 1.82) is 5.26 Å². The third-order valence-corrected chi connectivity index (χ3v) is 7.28. The number of benzene rings is 2. The van der Waals surface area contributed by atoms with Gasteiger partial charge in [0.05, 0.1) is 16.5 Å². The second kappa shape index (κ2) is 9.08. The van der Waals surface area contributed by atoms with Crippen LogP contribution in [-0.2, 0) is 10.0 Å². The van der Waals surface area contributed by atoms with Gasteiger partial charge in [0.1, 0.15) is 0 Å². The van der Waals surface area contributed by atoms with Crippen LogP contribution in [0.15, 0.2) is 53.4 Å². The quantitative estimate of drug-likeness (QED) is 0.692. The number of carbonyl (C=O) groups excluding carboxylic acids is 1. The zero-order valence-corrected chi connectivity index (χ0v) is 18.1. The number of piperidine rings is 1. The second-order valence-corrected chi connectivity index (χ2v) is 9.98. The van der Waals surface area contributed by atoms with Gasteiger partial charge in [0.2, 0.25) is 10.0 Å². The summed E-state index contributed by atoms with van der Waals surface area (Å²) in [6.45, 7) is 2.06. The summed E-state index contributed by atoms with van der Waals surface area (Å²) in [5.41, 5.74) is 2.06. The number of rotatable bonds is 7. The van der Waals surface area contributed by atoms with Gasteiger partial charge >= 0.3 is 0 Å².